The van der Waals surface area contributed by atoms with Gasteiger partial charge in [0, 0.05) is 17.3 Å². The van der Waals surface area contributed by atoms with Gasteiger partial charge in [-0.1, -0.05) is 0 Å². The van der Waals surface area contributed by atoms with E-state index >= 15 is 0 Å². The van der Waals surface area contributed by atoms with Crippen molar-refractivity contribution in [2.24, 2.45) is 0 Å². The van der Waals surface area contributed by atoms with Crippen LogP contribution < -0.4 is 5.32 Å². The first-order valence-electron chi connectivity index (χ1n) is 7.74. The van der Waals surface area contributed by atoms with Gasteiger partial charge >= 0.3 is 0 Å². The quantitative estimate of drug-likeness (QED) is 0.830. The molecule has 2 amide bonds. The predicted molar refractivity (Wildman–Crippen MR) is 90.2 cm³/mol. The van der Waals surface area contributed by atoms with E-state index in [-0.39, 0.29) is 24.4 Å². The van der Waals surface area contributed by atoms with Crippen LogP contribution in [0.3, 0.4) is 0 Å². The Labute approximate surface area is 139 Å². The molecule has 2 heterocycles. The van der Waals surface area contributed by atoms with Crippen molar-refractivity contribution in [3.63, 3.8) is 0 Å². The lowest BCUT2D eigenvalue weighted by Gasteiger charge is -2.21. The number of hydrogen-bond donors (Lipinski definition) is 2. The van der Waals surface area contributed by atoms with Crippen molar-refractivity contribution in [3.8, 4) is 0 Å². The molecule has 0 fully saturated rings. The van der Waals surface area contributed by atoms with E-state index in [1.54, 1.807) is 6.33 Å². The Morgan fingerprint density at radius 3 is 2.67 bits per heavy atom. The summed E-state index contributed by atoms with van der Waals surface area (Å²) in [6, 6.07) is 5.62. The summed E-state index contributed by atoms with van der Waals surface area (Å²) < 4.78 is 2.08. The number of imidazole rings is 1. The van der Waals surface area contributed by atoms with Gasteiger partial charge in [-0.05, 0) is 39.0 Å². The second-order valence-corrected chi connectivity index (χ2v) is 6.69. The van der Waals surface area contributed by atoms with E-state index in [0.29, 0.717) is 5.69 Å². The average molecular weight is 328 g/mol. The predicted octanol–water partition coefficient (Wildman–Crippen LogP) is 1.45. The lowest BCUT2D eigenvalue weighted by Crippen LogP contribution is -2.34. The van der Waals surface area contributed by atoms with E-state index in [9.17, 15) is 9.59 Å². The zero-order chi connectivity index (χ0) is 17.5. The Morgan fingerprint density at radius 2 is 2.00 bits per heavy atom. The van der Waals surface area contributed by atoms with Crippen molar-refractivity contribution in [2.75, 3.05) is 18.5 Å². The number of fused-ring (bicyclic) bond motifs is 1. The normalized spacial score (nSPS) is 15.3. The van der Waals surface area contributed by atoms with Gasteiger partial charge in [-0.15, -0.1) is 0 Å². The molecule has 0 saturated heterocycles. The Balaban J connectivity index is 1.86. The van der Waals surface area contributed by atoms with Gasteiger partial charge in [0.15, 0.2) is 0 Å². The lowest BCUT2D eigenvalue weighted by atomic mass is 10.1. The van der Waals surface area contributed by atoms with Crippen LogP contribution in [-0.2, 0) is 15.1 Å². The minimum atomic E-state index is -0.436. The van der Waals surface area contributed by atoms with E-state index in [1.807, 2.05) is 18.2 Å². The van der Waals surface area contributed by atoms with E-state index in [4.69, 9.17) is 5.11 Å². The molecule has 0 aliphatic carbocycles. The Hall–Kier alpha value is -2.67. The molecule has 0 spiro atoms. The van der Waals surface area contributed by atoms with Crippen molar-refractivity contribution in [1.29, 1.82) is 0 Å². The zero-order valence-electron chi connectivity index (χ0n) is 13.9. The second-order valence-electron chi connectivity index (χ2n) is 6.69. The lowest BCUT2D eigenvalue weighted by molar-refractivity contribution is -0.137. The van der Waals surface area contributed by atoms with Gasteiger partial charge < -0.3 is 15.0 Å². The maximum Gasteiger partial charge on any atom is 0.277 e. The summed E-state index contributed by atoms with van der Waals surface area (Å²) in [5, 5.41) is 11.9. The Kier molecular flexibility index (Phi) is 3.88. The minimum Gasteiger partial charge on any atom is -0.395 e. The summed E-state index contributed by atoms with van der Waals surface area (Å²) in [5.41, 5.74) is 2.60. The molecular formula is C17H20N4O3. The monoisotopic (exact) mass is 328 g/mol. The smallest absolute Gasteiger partial charge is 0.277 e. The molecule has 0 atom stereocenters. The molecule has 24 heavy (non-hydrogen) atoms. The molecule has 2 aromatic rings. The molecular weight excluding hydrogens is 308 g/mol. The Morgan fingerprint density at radius 1 is 1.25 bits per heavy atom. The van der Waals surface area contributed by atoms with Crippen LogP contribution in [0.15, 0.2) is 36.3 Å². The van der Waals surface area contributed by atoms with Crippen LogP contribution in [0.4, 0.5) is 5.69 Å². The number of aliphatic hydroxyl groups excluding tert-OH is 1. The number of anilines is 1. The number of β-amino-alcohol motifs (C(OH)–C–C–N with tert-alkyl or cyclic N) is 1. The molecule has 3 rings (SSSR count). The highest BCUT2D eigenvalue weighted by molar-refractivity contribution is 6.17. The number of nitrogens with one attached hydrogen (secondary N) is 1. The molecule has 1 aromatic heterocycles. The number of rotatable bonds is 4. The standard InChI is InChI=1S/C17H20N4O3/c1-17(2,3)21-10-18-12-8-11(4-5-14(12)21)19-13-9-15(23)20(6-7-22)16(13)24/h4-5,8-10,19,22H,6-7H2,1-3H3. The average Bonchev–Trinajstić information content (AvgIpc) is 3.04. The first-order chi connectivity index (χ1) is 11.3. The van der Waals surface area contributed by atoms with Gasteiger partial charge in [0.25, 0.3) is 11.8 Å². The molecule has 1 aliphatic rings. The van der Waals surface area contributed by atoms with Crippen LogP contribution in [0.25, 0.3) is 11.0 Å². The van der Waals surface area contributed by atoms with Gasteiger partial charge in [0.1, 0.15) is 5.70 Å². The topological polar surface area (TPSA) is 87.5 Å². The fraction of sp³-hybridized carbons (Fsp3) is 0.353. The van der Waals surface area contributed by atoms with Gasteiger partial charge in [-0.25, -0.2) is 4.98 Å². The van der Waals surface area contributed by atoms with Crippen molar-refractivity contribution < 1.29 is 14.7 Å². The van der Waals surface area contributed by atoms with Crippen molar-refractivity contribution >= 4 is 28.5 Å². The summed E-state index contributed by atoms with van der Waals surface area (Å²) in [7, 11) is 0. The maximum absolute atomic E-state index is 12.2. The number of hydrogen-bond acceptors (Lipinski definition) is 5. The third-order valence-corrected chi connectivity index (χ3v) is 3.88. The number of aliphatic hydroxyl groups is 1. The van der Waals surface area contributed by atoms with Crippen LogP contribution in [0.5, 0.6) is 0 Å². The number of aromatic nitrogens is 2. The first-order valence-corrected chi connectivity index (χ1v) is 7.74. The summed E-state index contributed by atoms with van der Waals surface area (Å²) in [4.78, 5) is 29.3. The molecule has 1 aromatic carbocycles. The summed E-state index contributed by atoms with van der Waals surface area (Å²) in [5.74, 6) is -0.857. The van der Waals surface area contributed by atoms with E-state index in [2.05, 4.69) is 35.6 Å². The molecule has 7 nitrogen and oxygen atoms in total. The van der Waals surface area contributed by atoms with Gasteiger partial charge in [0.05, 0.1) is 30.5 Å². The minimum absolute atomic E-state index is 0.00558. The molecule has 7 heteroatoms. The number of imide groups is 1. The zero-order valence-corrected chi connectivity index (χ0v) is 13.9. The molecule has 2 N–H and O–H groups in total. The van der Waals surface area contributed by atoms with Crippen LogP contribution >= 0.6 is 0 Å². The number of carbonyl (C=O) groups excluding carboxylic acids is 2. The van der Waals surface area contributed by atoms with Crippen LogP contribution in [-0.4, -0.2) is 44.5 Å². The highest BCUT2D eigenvalue weighted by Crippen LogP contribution is 2.25. The van der Waals surface area contributed by atoms with Gasteiger partial charge in [-0.2, -0.15) is 0 Å². The molecule has 0 radical (unpaired) electrons. The van der Waals surface area contributed by atoms with Crippen LogP contribution in [0.2, 0.25) is 0 Å². The number of amides is 2. The largest absolute Gasteiger partial charge is 0.395 e. The van der Waals surface area contributed by atoms with E-state index in [1.165, 1.54) is 6.08 Å². The fourth-order valence-electron chi connectivity index (χ4n) is 2.69. The van der Waals surface area contributed by atoms with Crippen molar-refractivity contribution in [1.82, 2.24) is 14.5 Å². The fourth-order valence-corrected chi connectivity index (χ4v) is 2.69. The third kappa shape index (κ3) is 2.78. The molecule has 0 bridgehead atoms. The van der Waals surface area contributed by atoms with Crippen LogP contribution in [0.1, 0.15) is 20.8 Å². The second kappa shape index (κ2) is 5.76. The van der Waals surface area contributed by atoms with E-state index < -0.39 is 11.8 Å². The highest BCUT2D eigenvalue weighted by atomic mass is 16.3. The SMILES string of the molecule is CC(C)(C)n1cnc2cc(NC3=CC(=O)N(CCO)C3=O)ccc21. The summed E-state index contributed by atoms with van der Waals surface area (Å²) in [6.07, 6.45) is 3.04. The van der Waals surface area contributed by atoms with Crippen LogP contribution in [0, 0.1) is 0 Å². The number of carbonyl (C=O) groups is 2. The molecule has 0 saturated carbocycles. The summed E-state index contributed by atoms with van der Waals surface area (Å²) >= 11 is 0. The number of benzene rings is 1. The van der Waals surface area contributed by atoms with Gasteiger partial charge in [-0.3, -0.25) is 14.5 Å². The molecule has 126 valence electrons. The van der Waals surface area contributed by atoms with Gasteiger partial charge in [0.2, 0.25) is 0 Å². The Bertz CT molecular complexity index is 845. The summed E-state index contributed by atoms with van der Waals surface area (Å²) in [6.45, 7) is 6.04. The number of nitrogens with zero attached hydrogens (tertiary/aromatic N) is 3. The molecule has 1 aliphatic heterocycles. The third-order valence-electron chi connectivity index (χ3n) is 3.88. The first kappa shape index (κ1) is 16.2. The maximum atomic E-state index is 12.2. The highest BCUT2D eigenvalue weighted by Gasteiger charge is 2.30. The van der Waals surface area contributed by atoms with Crippen molar-refractivity contribution in [2.45, 2.75) is 26.3 Å². The molecule has 0 unspecified atom stereocenters. The van der Waals surface area contributed by atoms with Crippen molar-refractivity contribution in [3.05, 3.63) is 36.3 Å². The van der Waals surface area contributed by atoms with E-state index in [0.717, 1.165) is 15.9 Å².